The third-order valence-electron chi connectivity index (χ3n) is 3.39. The van der Waals surface area contributed by atoms with Gasteiger partial charge in [-0.3, -0.25) is 4.79 Å². The maximum atomic E-state index is 12.4. The first-order chi connectivity index (χ1) is 11.0. The molecule has 122 valence electrons. The first kappa shape index (κ1) is 16.9. The molecule has 1 amide bonds. The summed E-state index contributed by atoms with van der Waals surface area (Å²) < 4.78 is 4.72. The molecular weight excluding hydrogens is 318 g/mol. The summed E-state index contributed by atoms with van der Waals surface area (Å²) in [6.07, 6.45) is 0. The van der Waals surface area contributed by atoms with Gasteiger partial charge in [0.15, 0.2) is 0 Å². The van der Waals surface area contributed by atoms with Crippen molar-refractivity contribution in [2.45, 2.75) is 0 Å². The number of ether oxygens (including phenoxy) is 1. The number of nitrogens with two attached hydrogens (primary N) is 1. The van der Waals surface area contributed by atoms with Gasteiger partial charge in [-0.25, -0.2) is 4.79 Å². The Morgan fingerprint density at radius 1 is 1.43 bits per heavy atom. The van der Waals surface area contributed by atoms with Crippen LogP contribution in [0.2, 0.25) is 0 Å². The zero-order valence-corrected chi connectivity index (χ0v) is 13.4. The fraction of sp³-hybridized carbons (Fsp3) is 0.267. The Labute approximate surface area is 138 Å². The molecule has 1 aliphatic rings. The summed E-state index contributed by atoms with van der Waals surface area (Å²) in [5, 5.41) is 11.9. The van der Waals surface area contributed by atoms with Crippen molar-refractivity contribution in [1.29, 1.82) is 0 Å². The summed E-state index contributed by atoms with van der Waals surface area (Å²) in [7, 11) is 1.25. The van der Waals surface area contributed by atoms with Crippen molar-refractivity contribution in [1.82, 2.24) is 4.90 Å². The normalized spacial score (nSPS) is 14.2. The molecule has 1 heterocycles. The van der Waals surface area contributed by atoms with Gasteiger partial charge in [-0.1, -0.05) is 12.2 Å². The zero-order valence-electron chi connectivity index (χ0n) is 12.5. The van der Waals surface area contributed by atoms with Crippen LogP contribution < -0.4 is 11.1 Å². The Bertz CT molecular complexity index is 670. The van der Waals surface area contributed by atoms with Crippen LogP contribution in [0.4, 0.5) is 5.69 Å². The minimum Gasteiger partial charge on any atom is -0.466 e. The Morgan fingerprint density at radius 3 is 2.61 bits per heavy atom. The molecule has 1 aliphatic heterocycles. The first-order valence-corrected chi connectivity index (χ1v) is 7.27. The van der Waals surface area contributed by atoms with E-state index >= 15 is 0 Å². The van der Waals surface area contributed by atoms with E-state index in [-0.39, 0.29) is 41.9 Å². The van der Waals surface area contributed by atoms with Crippen LogP contribution in [0.25, 0.3) is 0 Å². The number of nitrogens with zero attached hydrogens (tertiary/aromatic N) is 1. The summed E-state index contributed by atoms with van der Waals surface area (Å²) in [5.74, 6) is -0.945. The number of β-amino-alcohol motifs (C(OH)–C–C–N with tert-alkyl or cyclic N) is 1. The van der Waals surface area contributed by atoms with Crippen LogP contribution >= 0.6 is 12.2 Å². The second-order valence-corrected chi connectivity index (χ2v) is 5.30. The third kappa shape index (κ3) is 3.66. The SMILES string of the molecule is COC(=O)C1=C(Nc2ccc(C(N)=S)cc2)C(=O)N(CCO)C1. The van der Waals surface area contributed by atoms with Crippen molar-refractivity contribution in [3.8, 4) is 0 Å². The van der Waals surface area contributed by atoms with Crippen LogP contribution in [0.15, 0.2) is 35.5 Å². The number of methoxy groups -OCH3 is 1. The molecule has 0 atom stereocenters. The lowest BCUT2D eigenvalue weighted by Crippen LogP contribution is -2.31. The Balaban J connectivity index is 2.27. The van der Waals surface area contributed by atoms with Crippen LogP contribution in [0.3, 0.4) is 0 Å². The number of hydrogen-bond donors (Lipinski definition) is 3. The standard InChI is InChI=1S/C15H17N3O4S/c1-22-15(21)11-8-18(6-7-19)14(20)12(11)17-10-4-2-9(3-5-10)13(16)23/h2-5,17,19H,6-8H2,1H3,(H2,16,23). The van der Waals surface area contributed by atoms with Gasteiger partial charge in [0.25, 0.3) is 5.91 Å². The molecule has 0 radical (unpaired) electrons. The minimum atomic E-state index is -0.582. The Morgan fingerprint density at radius 2 is 2.09 bits per heavy atom. The fourth-order valence-electron chi connectivity index (χ4n) is 2.21. The molecule has 1 aromatic rings. The lowest BCUT2D eigenvalue weighted by molar-refractivity contribution is -0.136. The predicted octanol–water partition coefficient (Wildman–Crippen LogP) is -0.00570. The van der Waals surface area contributed by atoms with E-state index in [4.69, 9.17) is 27.8 Å². The van der Waals surface area contributed by atoms with Gasteiger partial charge in [0.05, 0.1) is 25.8 Å². The number of esters is 1. The van der Waals surface area contributed by atoms with Gasteiger partial charge in [-0.05, 0) is 24.3 Å². The van der Waals surface area contributed by atoms with Gasteiger partial charge < -0.3 is 25.8 Å². The van der Waals surface area contributed by atoms with E-state index in [1.54, 1.807) is 24.3 Å². The summed E-state index contributed by atoms with van der Waals surface area (Å²) in [6.45, 7) is 0.0559. The molecule has 0 spiro atoms. The number of aliphatic hydroxyl groups excluding tert-OH is 1. The van der Waals surface area contributed by atoms with Crippen molar-refractivity contribution < 1.29 is 19.4 Å². The number of carbonyl (C=O) groups is 2. The van der Waals surface area contributed by atoms with Crippen LogP contribution in [0, 0.1) is 0 Å². The van der Waals surface area contributed by atoms with Gasteiger partial charge >= 0.3 is 5.97 Å². The number of anilines is 1. The van der Waals surface area contributed by atoms with Crippen molar-refractivity contribution in [2.75, 3.05) is 32.1 Å². The molecule has 0 bridgehead atoms. The van der Waals surface area contributed by atoms with Gasteiger partial charge in [-0.15, -0.1) is 0 Å². The number of aliphatic hydroxyl groups is 1. The highest BCUT2D eigenvalue weighted by molar-refractivity contribution is 7.80. The van der Waals surface area contributed by atoms with Crippen LogP contribution in [-0.2, 0) is 14.3 Å². The monoisotopic (exact) mass is 335 g/mol. The summed E-state index contributed by atoms with van der Waals surface area (Å²) in [6, 6.07) is 6.85. The summed E-state index contributed by atoms with van der Waals surface area (Å²) >= 11 is 4.88. The molecule has 2 rings (SSSR count). The topological polar surface area (TPSA) is 105 Å². The number of benzene rings is 1. The average molecular weight is 335 g/mol. The molecular formula is C15H17N3O4S. The van der Waals surface area contributed by atoms with Gasteiger partial charge in [0, 0.05) is 17.8 Å². The van der Waals surface area contributed by atoms with Gasteiger partial charge in [0.1, 0.15) is 10.7 Å². The molecule has 1 aromatic carbocycles. The summed E-state index contributed by atoms with van der Waals surface area (Å²) in [4.78, 5) is 25.9. The fourth-order valence-corrected chi connectivity index (χ4v) is 2.35. The quantitative estimate of drug-likeness (QED) is 0.496. The van der Waals surface area contributed by atoms with Crippen LogP contribution in [0.1, 0.15) is 5.56 Å². The van der Waals surface area contributed by atoms with E-state index in [0.717, 1.165) is 0 Å². The zero-order chi connectivity index (χ0) is 17.0. The first-order valence-electron chi connectivity index (χ1n) is 6.86. The minimum absolute atomic E-state index is 0.0966. The number of hydrogen-bond acceptors (Lipinski definition) is 6. The van der Waals surface area contributed by atoms with E-state index in [1.807, 2.05) is 0 Å². The molecule has 0 unspecified atom stereocenters. The maximum absolute atomic E-state index is 12.4. The Kier molecular flexibility index (Phi) is 5.30. The van der Waals surface area contributed by atoms with Crippen molar-refractivity contribution in [3.05, 3.63) is 41.1 Å². The summed E-state index contributed by atoms with van der Waals surface area (Å²) in [5.41, 5.74) is 7.22. The molecule has 0 aromatic heterocycles. The van der Waals surface area contributed by atoms with E-state index < -0.39 is 5.97 Å². The van der Waals surface area contributed by atoms with Crippen LogP contribution in [-0.4, -0.2) is 53.7 Å². The second kappa shape index (κ2) is 7.21. The Hall–Kier alpha value is -2.45. The van der Waals surface area contributed by atoms with Crippen molar-refractivity contribution in [3.63, 3.8) is 0 Å². The van der Waals surface area contributed by atoms with E-state index in [2.05, 4.69) is 5.32 Å². The lowest BCUT2D eigenvalue weighted by atomic mass is 10.2. The number of amides is 1. The molecule has 8 heteroatoms. The van der Waals surface area contributed by atoms with Crippen molar-refractivity contribution in [2.24, 2.45) is 5.73 Å². The van der Waals surface area contributed by atoms with Gasteiger partial charge in [0.2, 0.25) is 0 Å². The highest BCUT2D eigenvalue weighted by Gasteiger charge is 2.34. The second-order valence-electron chi connectivity index (χ2n) is 4.86. The number of nitrogens with one attached hydrogen (secondary N) is 1. The molecule has 0 saturated carbocycles. The van der Waals surface area contributed by atoms with E-state index in [9.17, 15) is 9.59 Å². The highest BCUT2D eigenvalue weighted by atomic mass is 32.1. The maximum Gasteiger partial charge on any atom is 0.337 e. The van der Waals surface area contributed by atoms with E-state index in [0.29, 0.717) is 11.3 Å². The molecule has 0 aliphatic carbocycles. The smallest absolute Gasteiger partial charge is 0.337 e. The predicted molar refractivity (Wildman–Crippen MR) is 88.7 cm³/mol. The van der Waals surface area contributed by atoms with Crippen molar-refractivity contribution >= 4 is 34.8 Å². The number of rotatable bonds is 6. The largest absolute Gasteiger partial charge is 0.466 e. The lowest BCUT2D eigenvalue weighted by Gasteiger charge is -2.15. The third-order valence-corrected chi connectivity index (χ3v) is 3.63. The molecule has 4 N–H and O–H groups in total. The van der Waals surface area contributed by atoms with Crippen LogP contribution in [0.5, 0.6) is 0 Å². The molecule has 0 saturated heterocycles. The highest BCUT2D eigenvalue weighted by Crippen LogP contribution is 2.22. The van der Waals surface area contributed by atoms with E-state index in [1.165, 1.54) is 12.0 Å². The average Bonchev–Trinajstić information content (AvgIpc) is 2.84. The van der Waals surface area contributed by atoms with Gasteiger partial charge in [-0.2, -0.15) is 0 Å². The number of thiocarbonyl (C=S) groups is 1. The number of carbonyl (C=O) groups excluding carboxylic acids is 2. The molecule has 0 fully saturated rings. The molecule has 23 heavy (non-hydrogen) atoms. The molecule has 7 nitrogen and oxygen atoms in total.